The quantitative estimate of drug-likeness (QED) is 0.452. The fraction of sp³-hybridized carbons (Fsp3) is 0. The van der Waals surface area contributed by atoms with Crippen molar-refractivity contribution in [2.75, 3.05) is 0 Å². The summed E-state index contributed by atoms with van der Waals surface area (Å²) in [6, 6.07) is 11.8. The van der Waals surface area contributed by atoms with Crippen LogP contribution in [-0.2, 0) is 0 Å². The second-order valence-electron chi connectivity index (χ2n) is 3.68. The van der Waals surface area contributed by atoms with Crippen molar-refractivity contribution in [3.63, 3.8) is 0 Å². The number of carbonyl (C=O) groups is 2. The molecule has 0 unspecified atom stereocenters. The molecule has 2 aromatic rings. The first-order valence-corrected chi connectivity index (χ1v) is 6.92. The minimum atomic E-state index is -0.466. The predicted molar refractivity (Wildman–Crippen MR) is 78.6 cm³/mol. The monoisotopic (exact) mass is 382 g/mol. The predicted octanol–water partition coefficient (Wildman–Crippen LogP) is 4.24. The van der Waals surface area contributed by atoms with Gasteiger partial charge in [-0.25, -0.2) is 4.79 Å². The molecule has 3 nitrogen and oxygen atoms in total. The number of benzene rings is 2. The average Bonchev–Trinajstić information content (AvgIpc) is 2.41. The molecule has 0 atom stereocenters. The van der Waals surface area contributed by atoms with Crippen LogP contribution in [0.5, 0.6) is 5.75 Å². The molecule has 0 aliphatic rings. The average molecular weight is 384 g/mol. The minimum absolute atomic E-state index is 0.367. The van der Waals surface area contributed by atoms with Crippen LogP contribution in [0.25, 0.3) is 0 Å². The molecule has 0 saturated heterocycles. The number of esters is 1. The molecule has 0 aromatic heterocycles. The summed E-state index contributed by atoms with van der Waals surface area (Å²) >= 11 is 6.55. The van der Waals surface area contributed by atoms with E-state index in [9.17, 15) is 9.59 Å². The molecule has 5 heteroatoms. The summed E-state index contributed by atoms with van der Waals surface area (Å²) in [6.45, 7) is 0. The number of halogens is 2. The fourth-order valence-corrected chi connectivity index (χ4v) is 2.38. The van der Waals surface area contributed by atoms with Gasteiger partial charge < -0.3 is 4.74 Å². The lowest BCUT2D eigenvalue weighted by Crippen LogP contribution is -2.09. The van der Waals surface area contributed by atoms with Gasteiger partial charge in [-0.15, -0.1) is 0 Å². The van der Waals surface area contributed by atoms with Crippen molar-refractivity contribution in [2.45, 2.75) is 0 Å². The maximum Gasteiger partial charge on any atom is 0.344 e. The van der Waals surface area contributed by atoms with Crippen molar-refractivity contribution in [2.24, 2.45) is 0 Å². The lowest BCUT2D eigenvalue weighted by Gasteiger charge is -2.07. The normalized spacial score (nSPS) is 10.0. The van der Waals surface area contributed by atoms with Gasteiger partial charge in [-0.1, -0.05) is 12.1 Å². The number of hydrogen-bond donors (Lipinski definition) is 0. The summed E-state index contributed by atoms with van der Waals surface area (Å²) in [5.41, 5.74) is 0.946. The molecular weight excluding hydrogens is 376 g/mol. The lowest BCUT2D eigenvalue weighted by atomic mass is 10.2. The highest BCUT2D eigenvalue weighted by molar-refractivity contribution is 9.10. The first-order chi connectivity index (χ1) is 9.11. The van der Waals surface area contributed by atoms with Gasteiger partial charge in [-0.3, -0.25) is 4.79 Å². The number of hydrogen-bond acceptors (Lipinski definition) is 3. The summed E-state index contributed by atoms with van der Waals surface area (Å²) in [6.07, 6.45) is 0.726. The Kier molecular flexibility index (Phi) is 4.50. The highest BCUT2D eigenvalue weighted by Crippen LogP contribution is 2.27. The van der Waals surface area contributed by atoms with Gasteiger partial charge in [0.25, 0.3) is 0 Å². The summed E-state index contributed by atoms with van der Waals surface area (Å²) in [5.74, 6) is -0.0987. The van der Waals surface area contributed by atoms with E-state index in [1.807, 2.05) is 6.07 Å². The van der Waals surface area contributed by atoms with Gasteiger partial charge in [0, 0.05) is 10.0 Å². The first-order valence-electron chi connectivity index (χ1n) is 5.33. The lowest BCUT2D eigenvalue weighted by molar-refractivity contribution is 0.0732. The molecule has 0 N–H and O–H groups in total. The van der Waals surface area contributed by atoms with E-state index in [2.05, 4.69) is 31.9 Å². The Morgan fingerprint density at radius 3 is 2.42 bits per heavy atom. The van der Waals surface area contributed by atoms with Crippen LogP contribution in [0.1, 0.15) is 20.7 Å². The molecule has 2 aromatic carbocycles. The third kappa shape index (κ3) is 3.30. The van der Waals surface area contributed by atoms with E-state index in [0.717, 1.165) is 6.29 Å². The first kappa shape index (κ1) is 14.0. The Balaban J connectivity index is 2.24. The summed E-state index contributed by atoms with van der Waals surface area (Å²) in [5, 5.41) is 0. The van der Waals surface area contributed by atoms with Crippen LogP contribution in [0.4, 0.5) is 0 Å². The van der Waals surface area contributed by atoms with E-state index < -0.39 is 5.97 Å². The van der Waals surface area contributed by atoms with Gasteiger partial charge in [0.1, 0.15) is 12.0 Å². The molecule has 0 spiro atoms. The minimum Gasteiger partial charge on any atom is -0.422 e. The second-order valence-corrected chi connectivity index (χ2v) is 5.39. The van der Waals surface area contributed by atoms with Crippen LogP contribution >= 0.6 is 31.9 Å². The molecule has 0 aliphatic carbocycles. The number of rotatable bonds is 3. The van der Waals surface area contributed by atoms with Crippen LogP contribution in [-0.4, -0.2) is 12.3 Å². The van der Waals surface area contributed by atoms with Crippen LogP contribution in [0, 0.1) is 0 Å². The van der Waals surface area contributed by atoms with Gasteiger partial charge in [0.2, 0.25) is 0 Å². The van der Waals surface area contributed by atoms with Gasteiger partial charge in [-0.2, -0.15) is 0 Å². The molecule has 0 saturated carbocycles. The molecular formula is C14H8Br2O3. The van der Waals surface area contributed by atoms with Crippen molar-refractivity contribution >= 4 is 44.1 Å². The van der Waals surface area contributed by atoms with E-state index in [0.29, 0.717) is 25.8 Å². The van der Waals surface area contributed by atoms with Crippen molar-refractivity contribution in [3.05, 3.63) is 62.5 Å². The molecule has 0 amide bonds. The Morgan fingerprint density at radius 1 is 1.05 bits per heavy atom. The van der Waals surface area contributed by atoms with Crippen LogP contribution < -0.4 is 4.74 Å². The SMILES string of the molecule is O=Cc1ccc(OC(=O)c2ccccc2Br)c(Br)c1. The smallest absolute Gasteiger partial charge is 0.344 e. The maximum atomic E-state index is 12.0. The van der Waals surface area contributed by atoms with Crippen LogP contribution in [0.2, 0.25) is 0 Å². The molecule has 96 valence electrons. The molecule has 0 radical (unpaired) electrons. The molecule has 0 bridgehead atoms. The van der Waals surface area contributed by atoms with Crippen molar-refractivity contribution in [1.29, 1.82) is 0 Å². The third-order valence-corrected chi connectivity index (χ3v) is 3.70. The van der Waals surface area contributed by atoms with Gasteiger partial charge in [0.15, 0.2) is 0 Å². The molecule has 2 rings (SSSR count). The van der Waals surface area contributed by atoms with Gasteiger partial charge in [0.05, 0.1) is 10.0 Å². The topological polar surface area (TPSA) is 43.4 Å². The fourth-order valence-electron chi connectivity index (χ4n) is 1.45. The van der Waals surface area contributed by atoms with E-state index in [4.69, 9.17) is 4.74 Å². The largest absolute Gasteiger partial charge is 0.422 e. The third-order valence-electron chi connectivity index (χ3n) is 2.39. The Morgan fingerprint density at radius 2 is 1.79 bits per heavy atom. The standard InChI is InChI=1S/C14H8Br2O3/c15-11-4-2-1-3-10(11)14(18)19-13-6-5-9(8-17)7-12(13)16/h1-8H. The molecule has 0 aliphatic heterocycles. The van der Waals surface area contributed by atoms with E-state index in [1.165, 1.54) is 0 Å². The zero-order valence-corrected chi connectivity index (χ0v) is 12.8. The van der Waals surface area contributed by atoms with E-state index >= 15 is 0 Å². The number of aldehydes is 1. The highest BCUT2D eigenvalue weighted by Gasteiger charge is 2.13. The van der Waals surface area contributed by atoms with E-state index in [1.54, 1.807) is 36.4 Å². The van der Waals surface area contributed by atoms with Crippen LogP contribution in [0.3, 0.4) is 0 Å². The number of carbonyl (C=O) groups excluding carboxylic acids is 2. The maximum absolute atomic E-state index is 12.0. The van der Waals surface area contributed by atoms with Crippen molar-refractivity contribution in [1.82, 2.24) is 0 Å². The number of ether oxygens (including phenoxy) is 1. The Hall–Kier alpha value is -1.46. The molecule has 0 heterocycles. The zero-order chi connectivity index (χ0) is 13.8. The summed E-state index contributed by atoms with van der Waals surface area (Å²) in [7, 11) is 0. The highest BCUT2D eigenvalue weighted by atomic mass is 79.9. The summed E-state index contributed by atoms with van der Waals surface area (Å²) in [4.78, 5) is 22.6. The molecule has 19 heavy (non-hydrogen) atoms. The van der Waals surface area contributed by atoms with Gasteiger partial charge >= 0.3 is 5.97 Å². The Bertz CT molecular complexity index is 638. The van der Waals surface area contributed by atoms with E-state index in [-0.39, 0.29) is 0 Å². The van der Waals surface area contributed by atoms with Crippen molar-refractivity contribution < 1.29 is 14.3 Å². The second kappa shape index (κ2) is 6.12. The Labute approximate surface area is 126 Å². The van der Waals surface area contributed by atoms with Crippen LogP contribution in [0.15, 0.2) is 51.4 Å². The zero-order valence-electron chi connectivity index (χ0n) is 9.60. The summed E-state index contributed by atoms with van der Waals surface area (Å²) < 4.78 is 6.50. The van der Waals surface area contributed by atoms with Gasteiger partial charge in [-0.05, 0) is 62.2 Å². The van der Waals surface area contributed by atoms with Crippen molar-refractivity contribution in [3.8, 4) is 5.75 Å². The molecule has 0 fully saturated rings.